The number of hydrogen-bond donors (Lipinski definition) is 1. The van der Waals surface area contributed by atoms with E-state index in [0.29, 0.717) is 11.6 Å². The monoisotopic (exact) mass is 355 g/mol. The van der Waals surface area contributed by atoms with Crippen molar-refractivity contribution in [2.45, 2.75) is 25.8 Å². The molecule has 0 aromatic carbocycles. The van der Waals surface area contributed by atoms with Crippen LogP contribution in [0.4, 0.5) is 5.95 Å². The lowest BCUT2D eigenvalue weighted by atomic mass is 10.2. The number of allylic oxidation sites excluding steroid dienone is 2. The minimum atomic E-state index is -0.152. The van der Waals surface area contributed by atoms with E-state index in [-0.39, 0.29) is 11.9 Å². The fourth-order valence-corrected chi connectivity index (χ4v) is 3.68. The molecule has 1 saturated heterocycles. The van der Waals surface area contributed by atoms with E-state index >= 15 is 0 Å². The minimum absolute atomic E-state index is 0.0215. The smallest absolute Gasteiger partial charge is 0.274 e. The number of fused-ring (bicyclic) bond motifs is 1. The van der Waals surface area contributed by atoms with Crippen LogP contribution in [0.15, 0.2) is 40.9 Å². The van der Waals surface area contributed by atoms with E-state index in [2.05, 4.69) is 33.6 Å². The molecule has 25 heavy (non-hydrogen) atoms. The van der Waals surface area contributed by atoms with Gasteiger partial charge in [0.25, 0.3) is 5.91 Å². The number of likely N-dealkylation sites (tertiary alicyclic amines) is 1. The lowest BCUT2D eigenvalue weighted by Gasteiger charge is -2.17. The first-order valence-electron chi connectivity index (χ1n) is 8.24. The van der Waals surface area contributed by atoms with Gasteiger partial charge in [-0.2, -0.15) is 0 Å². The molecule has 0 unspecified atom stereocenters. The van der Waals surface area contributed by atoms with E-state index < -0.39 is 0 Å². The number of anilines is 1. The summed E-state index contributed by atoms with van der Waals surface area (Å²) in [5, 5.41) is 5.14. The molecule has 1 aliphatic heterocycles. The molecular weight excluding hydrogens is 334 g/mol. The highest BCUT2D eigenvalue weighted by Gasteiger charge is 2.24. The molecule has 3 rings (SSSR count). The summed E-state index contributed by atoms with van der Waals surface area (Å²) in [5.41, 5.74) is 1.98. The van der Waals surface area contributed by atoms with Gasteiger partial charge in [0.1, 0.15) is 0 Å². The zero-order valence-corrected chi connectivity index (χ0v) is 15.1. The average Bonchev–Trinajstić information content (AvgIpc) is 3.29. The molecular formula is C18H21N5OS. The second kappa shape index (κ2) is 7.57. The first-order valence-corrected chi connectivity index (χ1v) is 9.12. The number of carbonyl (C=O) groups is 1. The molecule has 1 fully saturated rings. The average molecular weight is 355 g/mol. The van der Waals surface area contributed by atoms with Crippen molar-refractivity contribution in [1.29, 1.82) is 0 Å². The summed E-state index contributed by atoms with van der Waals surface area (Å²) in [6.07, 6.45) is 5.54. The van der Waals surface area contributed by atoms with Crippen LogP contribution in [0, 0.1) is 0 Å². The molecule has 0 radical (unpaired) electrons. The van der Waals surface area contributed by atoms with E-state index in [1.54, 1.807) is 12.2 Å². The normalized spacial score (nSPS) is 16.0. The van der Waals surface area contributed by atoms with Crippen molar-refractivity contribution in [3.63, 3.8) is 0 Å². The zero-order valence-electron chi connectivity index (χ0n) is 14.2. The third-order valence-electron chi connectivity index (χ3n) is 4.16. The summed E-state index contributed by atoms with van der Waals surface area (Å²) in [6, 6.07) is 1.76. The highest BCUT2D eigenvalue weighted by molar-refractivity contribution is 7.17. The summed E-state index contributed by atoms with van der Waals surface area (Å²) >= 11 is 1.49. The Bertz CT molecular complexity index is 835. The number of rotatable bonds is 6. The summed E-state index contributed by atoms with van der Waals surface area (Å²) in [7, 11) is 0. The Balaban J connectivity index is 1.94. The lowest BCUT2D eigenvalue weighted by molar-refractivity contribution is 0.0789. The maximum atomic E-state index is 12.9. The number of hydrogen-bond acceptors (Lipinski definition) is 6. The molecule has 1 amide bonds. The maximum absolute atomic E-state index is 12.9. The minimum Gasteiger partial charge on any atom is -0.346 e. The van der Waals surface area contributed by atoms with Gasteiger partial charge in [-0.05, 0) is 44.0 Å². The fourth-order valence-electron chi connectivity index (χ4n) is 2.87. The summed E-state index contributed by atoms with van der Waals surface area (Å²) in [5.74, 6) is 0.395. The van der Waals surface area contributed by atoms with Crippen molar-refractivity contribution in [2.75, 3.05) is 18.4 Å². The molecule has 1 aliphatic rings. The van der Waals surface area contributed by atoms with Crippen LogP contribution in [0.5, 0.6) is 0 Å². The Kier molecular flexibility index (Phi) is 5.23. The summed E-state index contributed by atoms with van der Waals surface area (Å²) in [4.78, 5) is 27.8. The second-order valence-corrected chi connectivity index (χ2v) is 6.80. The number of aromatic nitrogens is 2. The molecule has 130 valence electrons. The van der Waals surface area contributed by atoms with Gasteiger partial charge < -0.3 is 10.2 Å². The van der Waals surface area contributed by atoms with Crippen LogP contribution in [-0.2, 0) is 0 Å². The van der Waals surface area contributed by atoms with Crippen LogP contribution in [0.2, 0.25) is 0 Å². The molecule has 0 saturated carbocycles. The van der Waals surface area contributed by atoms with Crippen LogP contribution in [0.25, 0.3) is 10.2 Å². The SMILES string of the molecule is C=C/C=C(\N=C)[C@H](C)Nc1nc(C(=O)N2CCCC2)c2sccc2n1. The van der Waals surface area contributed by atoms with Gasteiger partial charge in [0.15, 0.2) is 5.69 Å². The summed E-state index contributed by atoms with van der Waals surface area (Å²) < 4.78 is 0.832. The number of thiophene rings is 1. The third-order valence-corrected chi connectivity index (χ3v) is 5.07. The van der Waals surface area contributed by atoms with E-state index in [9.17, 15) is 4.79 Å². The number of amides is 1. The van der Waals surface area contributed by atoms with Crippen LogP contribution in [0.1, 0.15) is 30.3 Å². The van der Waals surface area contributed by atoms with Crippen molar-refractivity contribution >= 4 is 40.1 Å². The Morgan fingerprint density at radius 2 is 2.20 bits per heavy atom. The van der Waals surface area contributed by atoms with Gasteiger partial charge in [0.05, 0.1) is 22.0 Å². The predicted molar refractivity (Wildman–Crippen MR) is 103 cm³/mol. The molecule has 0 bridgehead atoms. The van der Waals surface area contributed by atoms with Crippen LogP contribution < -0.4 is 5.32 Å². The Labute approximate surface area is 151 Å². The van der Waals surface area contributed by atoms with Crippen molar-refractivity contribution < 1.29 is 4.79 Å². The van der Waals surface area contributed by atoms with E-state index in [1.165, 1.54) is 11.3 Å². The van der Waals surface area contributed by atoms with Gasteiger partial charge in [-0.1, -0.05) is 12.7 Å². The highest BCUT2D eigenvalue weighted by atomic mass is 32.1. The first-order chi connectivity index (χ1) is 12.1. The van der Waals surface area contributed by atoms with Gasteiger partial charge in [-0.3, -0.25) is 9.79 Å². The molecule has 0 spiro atoms. The molecule has 7 heteroatoms. The van der Waals surface area contributed by atoms with Crippen molar-refractivity contribution in [3.05, 3.63) is 41.6 Å². The Morgan fingerprint density at radius 3 is 2.88 bits per heavy atom. The number of carbonyl (C=O) groups excluding carboxylic acids is 1. The van der Waals surface area contributed by atoms with E-state index in [0.717, 1.165) is 41.8 Å². The molecule has 3 heterocycles. The topological polar surface area (TPSA) is 70.5 Å². The van der Waals surface area contributed by atoms with E-state index in [4.69, 9.17) is 0 Å². The molecule has 1 atom stereocenters. The van der Waals surface area contributed by atoms with Gasteiger partial charge in [-0.15, -0.1) is 11.3 Å². The van der Waals surface area contributed by atoms with E-state index in [1.807, 2.05) is 23.3 Å². The Morgan fingerprint density at radius 1 is 1.44 bits per heavy atom. The Hall–Kier alpha value is -2.54. The number of nitrogens with zero attached hydrogens (tertiary/aromatic N) is 4. The number of aliphatic imine (C=N–C) groups is 1. The van der Waals surface area contributed by atoms with Gasteiger partial charge in [0.2, 0.25) is 5.95 Å². The summed E-state index contributed by atoms with van der Waals surface area (Å²) in [6.45, 7) is 10.8. The van der Waals surface area contributed by atoms with Gasteiger partial charge >= 0.3 is 0 Å². The molecule has 1 N–H and O–H groups in total. The van der Waals surface area contributed by atoms with Crippen molar-refractivity contribution in [2.24, 2.45) is 4.99 Å². The van der Waals surface area contributed by atoms with Crippen molar-refractivity contribution in [3.8, 4) is 0 Å². The standard InChI is InChI=1S/C18H21N5OS/c1-4-7-13(19-3)12(2)20-18-21-14-8-11-25-16(14)15(22-18)17(24)23-9-5-6-10-23/h4,7-8,11-12H,1,3,5-6,9-10H2,2H3,(H,20,21,22)/b13-7-/t12-/m0/s1. The lowest BCUT2D eigenvalue weighted by Crippen LogP contribution is -2.29. The second-order valence-electron chi connectivity index (χ2n) is 5.88. The largest absolute Gasteiger partial charge is 0.346 e. The van der Waals surface area contributed by atoms with Gasteiger partial charge in [-0.25, -0.2) is 9.97 Å². The highest BCUT2D eigenvalue weighted by Crippen LogP contribution is 2.26. The fraction of sp³-hybridized carbons (Fsp3) is 0.333. The third kappa shape index (κ3) is 3.61. The van der Waals surface area contributed by atoms with Crippen LogP contribution in [0.3, 0.4) is 0 Å². The molecule has 2 aromatic rings. The zero-order chi connectivity index (χ0) is 17.8. The molecule has 2 aromatic heterocycles. The molecule has 0 aliphatic carbocycles. The van der Waals surface area contributed by atoms with Crippen LogP contribution in [-0.4, -0.2) is 46.6 Å². The predicted octanol–water partition coefficient (Wildman–Crippen LogP) is 3.50. The maximum Gasteiger partial charge on any atom is 0.274 e. The quantitative estimate of drug-likeness (QED) is 0.636. The number of nitrogens with one attached hydrogen (secondary N) is 1. The van der Waals surface area contributed by atoms with Crippen molar-refractivity contribution in [1.82, 2.24) is 14.9 Å². The van der Waals surface area contributed by atoms with Gasteiger partial charge in [0, 0.05) is 13.1 Å². The van der Waals surface area contributed by atoms with Crippen LogP contribution >= 0.6 is 11.3 Å². The molecule has 6 nitrogen and oxygen atoms in total. The first kappa shape index (κ1) is 17.3.